The third-order valence-corrected chi connectivity index (χ3v) is 2.63. The lowest BCUT2D eigenvalue weighted by atomic mass is 10.1. The third-order valence-electron chi connectivity index (χ3n) is 2.63. The van der Waals surface area contributed by atoms with Crippen molar-refractivity contribution < 1.29 is 18.5 Å². The first-order chi connectivity index (χ1) is 8.92. The van der Waals surface area contributed by atoms with E-state index < -0.39 is 33.7 Å². The van der Waals surface area contributed by atoms with Crippen molar-refractivity contribution in [3.05, 3.63) is 39.4 Å². The molecule has 0 radical (unpaired) electrons. The first kappa shape index (κ1) is 15.0. The molecule has 0 bridgehead atoms. The normalized spacial score (nSPS) is 10.3. The Kier molecular flexibility index (Phi) is 4.91. The van der Waals surface area contributed by atoms with Crippen molar-refractivity contribution in [2.24, 2.45) is 0 Å². The van der Waals surface area contributed by atoms with E-state index in [2.05, 4.69) is 0 Å². The molecule has 0 fully saturated rings. The van der Waals surface area contributed by atoms with Crippen LogP contribution in [0.2, 0.25) is 0 Å². The lowest BCUT2D eigenvalue weighted by Crippen LogP contribution is -2.32. The molecule has 0 unspecified atom stereocenters. The molecule has 1 aromatic rings. The van der Waals surface area contributed by atoms with Crippen LogP contribution in [0.4, 0.5) is 14.5 Å². The summed E-state index contributed by atoms with van der Waals surface area (Å²) in [5.74, 6) is -2.98. The summed E-state index contributed by atoms with van der Waals surface area (Å²) in [6, 6.07) is 1.01. The van der Waals surface area contributed by atoms with Crippen molar-refractivity contribution in [2.75, 3.05) is 13.1 Å². The Balaban J connectivity index is 3.17. The van der Waals surface area contributed by atoms with Crippen LogP contribution >= 0.6 is 0 Å². The van der Waals surface area contributed by atoms with Gasteiger partial charge in [-0.15, -0.1) is 0 Å². The summed E-state index contributed by atoms with van der Waals surface area (Å²) in [4.78, 5) is 22.7. The number of hydrogen-bond donors (Lipinski definition) is 0. The van der Waals surface area contributed by atoms with Crippen LogP contribution in [0.5, 0.6) is 0 Å². The highest BCUT2D eigenvalue weighted by atomic mass is 19.1. The van der Waals surface area contributed by atoms with Crippen LogP contribution in [-0.4, -0.2) is 28.8 Å². The van der Waals surface area contributed by atoms with Crippen molar-refractivity contribution in [1.82, 2.24) is 4.90 Å². The van der Waals surface area contributed by atoms with Gasteiger partial charge in [-0.25, -0.2) is 4.39 Å². The van der Waals surface area contributed by atoms with Crippen molar-refractivity contribution in [2.45, 2.75) is 20.3 Å². The first-order valence-electron chi connectivity index (χ1n) is 5.85. The van der Waals surface area contributed by atoms with Gasteiger partial charge in [-0.05, 0) is 19.4 Å². The van der Waals surface area contributed by atoms with Gasteiger partial charge in [0.25, 0.3) is 5.91 Å². The van der Waals surface area contributed by atoms with Crippen molar-refractivity contribution >= 4 is 11.6 Å². The van der Waals surface area contributed by atoms with Crippen LogP contribution in [0, 0.1) is 21.7 Å². The van der Waals surface area contributed by atoms with Crippen LogP contribution < -0.4 is 0 Å². The van der Waals surface area contributed by atoms with Crippen molar-refractivity contribution in [1.29, 1.82) is 0 Å². The van der Waals surface area contributed by atoms with E-state index in [4.69, 9.17) is 0 Å². The maximum Gasteiger partial charge on any atom is 0.307 e. The number of amides is 1. The predicted octanol–water partition coefficient (Wildman–Crippen LogP) is 2.75. The highest BCUT2D eigenvalue weighted by molar-refractivity contribution is 5.94. The van der Waals surface area contributed by atoms with Gasteiger partial charge in [-0.1, -0.05) is 6.92 Å². The summed E-state index contributed by atoms with van der Waals surface area (Å²) in [6.45, 7) is 4.33. The number of nitro benzene ring substituents is 1. The average molecular weight is 272 g/mol. The molecule has 7 heteroatoms. The minimum Gasteiger partial charge on any atom is -0.339 e. The van der Waals surface area contributed by atoms with E-state index in [0.717, 1.165) is 0 Å². The van der Waals surface area contributed by atoms with Gasteiger partial charge in [-0.2, -0.15) is 4.39 Å². The third kappa shape index (κ3) is 3.24. The van der Waals surface area contributed by atoms with Crippen LogP contribution in [0.3, 0.4) is 0 Å². The Labute approximate surface area is 109 Å². The molecule has 0 aliphatic heterocycles. The molecule has 0 atom stereocenters. The number of benzene rings is 1. The molecular weight excluding hydrogens is 258 g/mol. The monoisotopic (exact) mass is 272 g/mol. The number of hydrogen-bond acceptors (Lipinski definition) is 3. The Hall–Kier alpha value is -2.05. The second kappa shape index (κ2) is 6.21. The van der Waals surface area contributed by atoms with Gasteiger partial charge < -0.3 is 4.90 Å². The van der Waals surface area contributed by atoms with E-state index in [1.54, 1.807) is 6.92 Å². The predicted molar refractivity (Wildman–Crippen MR) is 64.9 cm³/mol. The van der Waals surface area contributed by atoms with Crippen molar-refractivity contribution in [3.63, 3.8) is 0 Å². The molecule has 19 heavy (non-hydrogen) atoms. The van der Waals surface area contributed by atoms with Gasteiger partial charge in [0, 0.05) is 13.1 Å². The van der Waals surface area contributed by atoms with E-state index in [-0.39, 0.29) is 0 Å². The fourth-order valence-electron chi connectivity index (χ4n) is 1.68. The summed E-state index contributed by atoms with van der Waals surface area (Å²) >= 11 is 0. The maximum atomic E-state index is 13.7. The molecule has 5 nitrogen and oxygen atoms in total. The van der Waals surface area contributed by atoms with E-state index in [0.29, 0.717) is 31.6 Å². The molecule has 0 aliphatic rings. The molecule has 104 valence electrons. The minimum absolute atomic E-state index is 0.352. The highest BCUT2D eigenvalue weighted by Crippen LogP contribution is 2.22. The van der Waals surface area contributed by atoms with E-state index in [1.165, 1.54) is 4.90 Å². The number of nitro groups is 1. The molecule has 1 rings (SSSR count). The van der Waals surface area contributed by atoms with Crippen LogP contribution in [0.15, 0.2) is 12.1 Å². The van der Waals surface area contributed by atoms with Gasteiger partial charge >= 0.3 is 5.69 Å². The summed E-state index contributed by atoms with van der Waals surface area (Å²) in [6.07, 6.45) is 0.677. The zero-order chi connectivity index (χ0) is 14.6. The Morgan fingerprint density at radius 2 is 1.95 bits per heavy atom. The lowest BCUT2D eigenvalue weighted by molar-refractivity contribution is -0.387. The second-order valence-corrected chi connectivity index (χ2v) is 3.93. The second-order valence-electron chi connectivity index (χ2n) is 3.93. The number of carbonyl (C=O) groups is 1. The number of rotatable bonds is 5. The summed E-state index contributed by atoms with van der Waals surface area (Å²) < 4.78 is 27.1. The van der Waals surface area contributed by atoms with Gasteiger partial charge in [0.2, 0.25) is 5.82 Å². The average Bonchev–Trinajstić information content (AvgIpc) is 2.37. The molecule has 0 spiro atoms. The Morgan fingerprint density at radius 1 is 1.32 bits per heavy atom. The zero-order valence-electron chi connectivity index (χ0n) is 10.7. The van der Waals surface area contributed by atoms with Gasteiger partial charge in [-0.3, -0.25) is 14.9 Å². The zero-order valence-corrected chi connectivity index (χ0v) is 10.7. The van der Waals surface area contributed by atoms with E-state index in [1.807, 2.05) is 6.92 Å². The maximum absolute atomic E-state index is 13.7. The molecule has 1 amide bonds. The minimum atomic E-state index is -1.22. The van der Waals surface area contributed by atoms with Gasteiger partial charge in [0.15, 0.2) is 0 Å². The molecule has 1 aromatic carbocycles. The smallest absolute Gasteiger partial charge is 0.307 e. The summed E-state index contributed by atoms with van der Waals surface area (Å²) in [7, 11) is 0. The van der Waals surface area contributed by atoms with Crippen LogP contribution in [0.25, 0.3) is 0 Å². The van der Waals surface area contributed by atoms with Gasteiger partial charge in [0.05, 0.1) is 16.6 Å². The Morgan fingerprint density at radius 3 is 2.42 bits per heavy atom. The largest absolute Gasteiger partial charge is 0.339 e. The molecule has 0 N–H and O–H groups in total. The molecule has 0 heterocycles. The molecule has 0 aliphatic carbocycles. The van der Waals surface area contributed by atoms with E-state index in [9.17, 15) is 23.7 Å². The van der Waals surface area contributed by atoms with Crippen LogP contribution in [0.1, 0.15) is 30.6 Å². The number of nitrogens with zero attached hydrogens (tertiary/aromatic N) is 2. The van der Waals surface area contributed by atoms with Gasteiger partial charge in [0.1, 0.15) is 5.82 Å². The quantitative estimate of drug-likeness (QED) is 0.611. The molecule has 0 aromatic heterocycles. The molecule has 0 saturated carbocycles. The molecular formula is C12H14F2N2O3. The first-order valence-corrected chi connectivity index (χ1v) is 5.85. The fraction of sp³-hybridized carbons (Fsp3) is 0.417. The molecule has 0 saturated heterocycles. The van der Waals surface area contributed by atoms with Crippen molar-refractivity contribution in [3.8, 4) is 0 Å². The fourth-order valence-corrected chi connectivity index (χ4v) is 1.68. The Bertz CT molecular complexity index is 506. The highest BCUT2D eigenvalue weighted by Gasteiger charge is 2.24. The van der Waals surface area contributed by atoms with Crippen LogP contribution in [-0.2, 0) is 0 Å². The standard InChI is InChI=1S/C12H14F2N2O3/c1-3-5-15(4-2)12(17)8-6-10(14)11(16(18)19)7-9(8)13/h6-7H,3-5H2,1-2H3. The summed E-state index contributed by atoms with van der Waals surface area (Å²) in [5.41, 5.74) is -1.47. The summed E-state index contributed by atoms with van der Waals surface area (Å²) in [5, 5.41) is 10.5. The topological polar surface area (TPSA) is 63.5 Å². The van der Waals surface area contributed by atoms with E-state index >= 15 is 0 Å². The number of carbonyl (C=O) groups excluding carboxylic acids is 1. The number of halogens is 2. The lowest BCUT2D eigenvalue weighted by Gasteiger charge is -2.20. The SMILES string of the molecule is CCCN(CC)C(=O)c1cc(F)c([N+](=O)[O-])cc1F.